The van der Waals surface area contributed by atoms with Crippen LogP contribution in [0.3, 0.4) is 0 Å². The Kier molecular flexibility index (Phi) is 5.63. The molecule has 3 heteroatoms. The van der Waals surface area contributed by atoms with E-state index in [0.29, 0.717) is 5.92 Å². The molecule has 0 radical (unpaired) electrons. The van der Waals surface area contributed by atoms with Crippen LogP contribution < -0.4 is 4.40 Å². The number of fused-ring (bicyclic) bond motifs is 4. The van der Waals surface area contributed by atoms with E-state index in [2.05, 4.69) is 91.8 Å². The van der Waals surface area contributed by atoms with E-state index >= 15 is 0 Å². The summed E-state index contributed by atoms with van der Waals surface area (Å²) in [6.45, 7) is 4.61. The molecule has 0 spiro atoms. The molecule has 3 aromatic carbocycles. The van der Waals surface area contributed by atoms with Crippen LogP contribution in [0.2, 0.25) is 17.3 Å². The molecular weight excluding hydrogens is 467 g/mol. The SMILES string of the molecule is CCC(CC)c1cc(-c2nccc3c2sc2[c]([Ge]([CH3])([CH3])[CH3])cccc23)cc2ccccc12. The second kappa shape index (κ2) is 8.31. The summed E-state index contributed by atoms with van der Waals surface area (Å²) in [6, 6.07) is 22.7. The molecule has 162 valence electrons. The van der Waals surface area contributed by atoms with E-state index in [0.717, 1.165) is 18.5 Å². The summed E-state index contributed by atoms with van der Waals surface area (Å²) >= 11 is -0.0269. The molecule has 0 aliphatic carbocycles. The molecule has 0 bridgehead atoms. The Bertz CT molecular complexity index is 1440. The number of benzene rings is 3. The Morgan fingerprint density at radius 1 is 0.812 bits per heavy atom. The zero-order chi connectivity index (χ0) is 22.5. The zero-order valence-corrected chi connectivity index (χ0v) is 22.6. The van der Waals surface area contributed by atoms with Gasteiger partial charge in [-0.15, -0.1) is 0 Å². The number of pyridine rings is 1. The molecule has 0 saturated carbocycles. The third-order valence-electron chi connectivity index (χ3n) is 6.81. The molecule has 0 saturated heterocycles. The number of rotatable bonds is 5. The Morgan fingerprint density at radius 3 is 2.28 bits per heavy atom. The molecule has 0 aliphatic heterocycles. The summed E-state index contributed by atoms with van der Waals surface area (Å²) in [5, 5.41) is 5.45. The first-order valence-electron chi connectivity index (χ1n) is 11.8. The van der Waals surface area contributed by atoms with E-state index in [1.165, 1.54) is 42.1 Å². The van der Waals surface area contributed by atoms with Crippen molar-refractivity contribution >= 4 is 59.9 Å². The average Bonchev–Trinajstić information content (AvgIpc) is 3.18. The van der Waals surface area contributed by atoms with Crippen molar-refractivity contribution in [3.63, 3.8) is 0 Å². The maximum atomic E-state index is 4.95. The van der Waals surface area contributed by atoms with E-state index in [9.17, 15) is 0 Å². The summed E-state index contributed by atoms with van der Waals surface area (Å²) in [5.41, 5.74) is 3.85. The molecule has 0 unspecified atom stereocenters. The Morgan fingerprint density at radius 2 is 1.53 bits per heavy atom. The van der Waals surface area contributed by atoms with E-state index in [1.54, 1.807) is 4.40 Å². The fourth-order valence-electron chi connectivity index (χ4n) is 5.06. The van der Waals surface area contributed by atoms with Gasteiger partial charge in [-0.05, 0) is 0 Å². The fourth-order valence-corrected chi connectivity index (χ4v) is 11.2. The number of nitrogens with zero attached hydrogens (tertiary/aromatic N) is 1. The maximum absolute atomic E-state index is 4.95. The minimum absolute atomic E-state index is 0.571. The molecule has 0 N–H and O–H groups in total. The average molecular weight is 498 g/mol. The zero-order valence-electron chi connectivity index (χ0n) is 19.7. The van der Waals surface area contributed by atoms with Crippen molar-refractivity contribution in [2.45, 2.75) is 49.9 Å². The number of hydrogen-bond donors (Lipinski definition) is 0. The van der Waals surface area contributed by atoms with Crippen LogP contribution in [0.4, 0.5) is 0 Å². The first kappa shape index (κ1) is 21.7. The van der Waals surface area contributed by atoms with Crippen molar-refractivity contribution in [2.75, 3.05) is 0 Å². The van der Waals surface area contributed by atoms with Gasteiger partial charge in [-0.25, -0.2) is 0 Å². The quantitative estimate of drug-likeness (QED) is 0.221. The van der Waals surface area contributed by atoms with Crippen LogP contribution in [0.5, 0.6) is 0 Å². The van der Waals surface area contributed by atoms with Crippen LogP contribution in [-0.4, -0.2) is 18.3 Å². The van der Waals surface area contributed by atoms with Crippen LogP contribution in [0.1, 0.15) is 38.2 Å². The van der Waals surface area contributed by atoms with Gasteiger partial charge in [-0.3, -0.25) is 0 Å². The van der Waals surface area contributed by atoms with E-state index in [4.69, 9.17) is 4.98 Å². The summed E-state index contributed by atoms with van der Waals surface area (Å²) < 4.78 is 4.41. The van der Waals surface area contributed by atoms with Crippen molar-refractivity contribution < 1.29 is 0 Å². The van der Waals surface area contributed by atoms with Gasteiger partial charge in [0.2, 0.25) is 0 Å². The number of hydrogen-bond acceptors (Lipinski definition) is 2. The van der Waals surface area contributed by atoms with Gasteiger partial charge in [0.15, 0.2) is 0 Å². The number of thiophene rings is 1. The van der Waals surface area contributed by atoms with Gasteiger partial charge in [0, 0.05) is 0 Å². The van der Waals surface area contributed by atoms with E-state index < -0.39 is 13.3 Å². The summed E-state index contributed by atoms with van der Waals surface area (Å²) in [4.78, 5) is 4.95. The third-order valence-corrected chi connectivity index (χ3v) is 12.7. The van der Waals surface area contributed by atoms with Gasteiger partial charge in [0.1, 0.15) is 0 Å². The van der Waals surface area contributed by atoms with Crippen molar-refractivity contribution in [1.82, 2.24) is 4.98 Å². The fraction of sp³-hybridized carbons (Fsp3) is 0.276. The van der Waals surface area contributed by atoms with Gasteiger partial charge in [-0.1, -0.05) is 0 Å². The monoisotopic (exact) mass is 499 g/mol. The van der Waals surface area contributed by atoms with Gasteiger partial charge in [0.05, 0.1) is 0 Å². The molecule has 2 heterocycles. The minimum atomic E-state index is -1.98. The standard InChI is InChI=1S/C29H31GeNS/c1-6-19(7-2)25-18-21(17-20-11-8-9-12-22(20)25)27-29-24(15-16-31-27)23-13-10-14-26(28(23)32-29)30(3,4)5/h8-19H,6-7H2,1-5H3. The van der Waals surface area contributed by atoms with Gasteiger partial charge in [-0.2, -0.15) is 0 Å². The van der Waals surface area contributed by atoms with Crippen LogP contribution >= 0.6 is 11.3 Å². The van der Waals surface area contributed by atoms with Crippen LogP contribution in [0.25, 0.3) is 42.2 Å². The van der Waals surface area contributed by atoms with Crippen LogP contribution in [0.15, 0.2) is 66.9 Å². The molecule has 5 aromatic rings. The molecule has 0 fully saturated rings. The third kappa shape index (κ3) is 3.58. The predicted molar refractivity (Wildman–Crippen MR) is 146 cm³/mol. The summed E-state index contributed by atoms with van der Waals surface area (Å²) in [6.07, 6.45) is 4.32. The normalized spacial score (nSPS) is 12.4. The molecule has 0 atom stereocenters. The summed E-state index contributed by atoms with van der Waals surface area (Å²) in [5.74, 6) is 8.04. The first-order chi connectivity index (χ1) is 15.4. The molecule has 1 nitrogen and oxygen atoms in total. The Hall–Kier alpha value is -2.17. The van der Waals surface area contributed by atoms with Gasteiger partial charge < -0.3 is 0 Å². The molecule has 5 rings (SSSR count). The summed E-state index contributed by atoms with van der Waals surface area (Å²) in [7, 11) is 0. The van der Waals surface area contributed by atoms with Crippen molar-refractivity contribution in [2.24, 2.45) is 0 Å². The van der Waals surface area contributed by atoms with Crippen LogP contribution in [-0.2, 0) is 0 Å². The second-order valence-electron chi connectivity index (χ2n) is 9.87. The number of aromatic nitrogens is 1. The van der Waals surface area contributed by atoms with Gasteiger partial charge in [0.25, 0.3) is 0 Å². The molecule has 2 aromatic heterocycles. The van der Waals surface area contributed by atoms with E-state index in [1.807, 2.05) is 17.5 Å². The van der Waals surface area contributed by atoms with Crippen molar-refractivity contribution in [3.05, 3.63) is 72.4 Å². The Balaban J connectivity index is 1.82. The van der Waals surface area contributed by atoms with Crippen molar-refractivity contribution in [3.8, 4) is 11.3 Å². The first-order valence-corrected chi connectivity index (χ1v) is 19.9. The van der Waals surface area contributed by atoms with Crippen molar-refractivity contribution in [1.29, 1.82) is 0 Å². The van der Waals surface area contributed by atoms with Gasteiger partial charge >= 0.3 is 198 Å². The topological polar surface area (TPSA) is 12.9 Å². The second-order valence-corrected chi connectivity index (χ2v) is 21.5. The molecule has 0 aliphatic rings. The predicted octanol–water partition coefficient (Wildman–Crippen LogP) is 8.72. The van der Waals surface area contributed by atoms with E-state index in [-0.39, 0.29) is 0 Å². The molecule has 32 heavy (non-hydrogen) atoms. The Labute approximate surface area is 197 Å². The molecule has 0 amide bonds. The molecular formula is C29H31GeNS. The van der Waals surface area contributed by atoms with Crippen LogP contribution in [0, 0.1) is 0 Å².